The Hall–Kier alpha value is -3.74. The summed E-state index contributed by atoms with van der Waals surface area (Å²) in [6, 6.07) is 12.1. The SMILES string of the molecule is Cc1ccccc1Cn1ccc(-c2cc(-c3c[nH]c(=O)[nH]c3=O)nnc2C)c1. The third kappa shape index (κ3) is 3.42. The van der Waals surface area contributed by atoms with Gasteiger partial charge in [-0.1, -0.05) is 24.3 Å². The predicted octanol–water partition coefficient (Wildman–Crippen LogP) is 2.65. The molecule has 0 aliphatic rings. The summed E-state index contributed by atoms with van der Waals surface area (Å²) in [6.45, 7) is 4.75. The Kier molecular flexibility index (Phi) is 4.49. The van der Waals surface area contributed by atoms with Gasteiger partial charge in [0.1, 0.15) is 5.69 Å². The van der Waals surface area contributed by atoms with Crippen molar-refractivity contribution in [1.82, 2.24) is 24.7 Å². The largest absolute Gasteiger partial charge is 0.349 e. The Morgan fingerprint density at radius 1 is 1.04 bits per heavy atom. The van der Waals surface area contributed by atoms with Crippen molar-refractivity contribution in [2.24, 2.45) is 0 Å². The highest BCUT2D eigenvalue weighted by atomic mass is 16.2. The Balaban J connectivity index is 1.70. The molecule has 0 spiro atoms. The first-order valence-corrected chi connectivity index (χ1v) is 8.88. The summed E-state index contributed by atoms with van der Waals surface area (Å²) in [5.41, 5.74) is 4.78. The van der Waals surface area contributed by atoms with Crippen LogP contribution in [0.5, 0.6) is 0 Å². The van der Waals surface area contributed by atoms with Gasteiger partial charge >= 0.3 is 5.69 Å². The molecule has 0 saturated carbocycles. The fourth-order valence-corrected chi connectivity index (χ4v) is 3.16. The highest BCUT2D eigenvalue weighted by molar-refractivity contribution is 5.70. The summed E-state index contributed by atoms with van der Waals surface area (Å²) in [7, 11) is 0. The van der Waals surface area contributed by atoms with Crippen molar-refractivity contribution in [3.8, 4) is 22.4 Å². The first-order valence-electron chi connectivity index (χ1n) is 8.88. The van der Waals surface area contributed by atoms with Gasteiger partial charge in [0.2, 0.25) is 0 Å². The van der Waals surface area contributed by atoms with Gasteiger partial charge in [-0.15, -0.1) is 5.10 Å². The molecule has 28 heavy (non-hydrogen) atoms. The van der Waals surface area contributed by atoms with Gasteiger partial charge in [0.15, 0.2) is 0 Å². The van der Waals surface area contributed by atoms with E-state index in [2.05, 4.69) is 50.0 Å². The summed E-state index contributed by atoms with van der Waals surface area (Å²) >= 11 is 0. The van der Waals surface area contributed by atoms with Gasteiger partial charge in [0.05, 0.1) is 11.3 Å². The van der Waals surface area contributed by atoms with E-state index in [9.17, 15) is 9.59 Å². The van der Waals surface area contributed by atoms with Gasteiger partial charge in [-0.25, -0.2) is 4.79 Å². The molecule has 3 heterocycles. The van der Waals surface area contributed by atoms with Crippen LogP contribution in [0, 0.1) is 13.8 Å². The highest BCUT2D eigenvalue weighted by Crippen LogP contribution is 2.25. The molecule has 0 fully saturated rings. The summed E-state index contributed by atoms with van der Waals surface area (Å²) in [6.07, 6.45) is 5.43. The molecule has 0 saturated heterocycles. The molecule has 0 amide bonds. The monoisotopic (exact) mass is 373 g/mol. The number of nitrogens with one attached hydrogen (secondary N) is 2. The Labute approximate surface area is 160 Å². The molecule has 1 aromatic carbocycles. The molecule has 0 unspecified atom stereocenters. The van der Waals surface area contributed by atoms with Crippen LogP contribution in [0.2, 0.25) is 0 Å². The molecule has 0 aliphatic carbocycles. The lowest BCUT2D eigenvalue weighted by molar-refractivity contribution is 0.801. The molecular weight excluding hydrogens is 354 g/mol. The number of aromatic nitrogens is 5. The minimum Gasteiger partial charge on any atom is -0.349 e. The van der Waals surface area contributed by atoms with Crippen molar-refractivity contribution in [3.63, 3.8) is 0 Å². The summed E-state index contributed by atoms with van der Waals surface area (Å²) < 4.78 is 2.12. The quantitative estimate of drug-likeness (QED) is 0.575. The van der Waals surface area contributed by atoms with E-state index >= 15 is 0 Å². The number of nitrogens with zero attached hydrogens (tertiary/aromatic N) is 3. The maximum absolute atomic E-state index is 12.1. The zero-order valence-corrected chi connectivity index (χ0v) is 15.6. The van der Waals surface area contributed by atoms with E-state index in [1.165, 1.54) is 17.3 Å². The fraction of sp³-hybridized carbons (Fsp3) is 0.143. The molecule has 7 heteroatoms. The number of aryl methyl sites for hydroxylation is 2. The van der Waals surface area contributed by atoms with Gasteiger partial charge in [-0.05, 0) is 37.1 Å². The standard InChI is InChI=1S/C21H19N5O2/c1-13-5-3-4-6-15(13)11-26-8-7-16(12-26)17-9-19(25-24-14(17)2)18-10-22-21(28)23-20(18)27/h3-10,12H,11H2,1-2H3,(H2,22,23,27,28). The molecule has 0 aliphatic heterocycles. The number of H-pyrrole nitrogens is 2. The van der Waals surface area contributed by atoms with Crippen molar-refractivity contribution in [1.29, 1.82) is 0 Å². The van der Waals surface area contributed by atoms with Crippen molar-refractivity contribution < 1.29 is 0 Å². The van der Waals surface area contributed by atoms with Crippen LogP contribution in [0.3, 0.4) is 0 Å². The molecule has 140 valence electrons. The Bertz CT molecular complexity index is 1270. The van der Waals surface area contributed by atoms with E-state index in [0.29, 0.717) is 5.69 Å². The van der Waals surface area contributed by atoms with E-state index < -0.39 is 11.2 Å². The molecule has 0 atom stereocenters. The van der Waals surface area contributed by atoms with Gasteiger partial charge in [0, 0.05) is 36.3 Å². The molecule has 4 aromatic rings. The third-order valence-corrected chi connectivity index (χ3v) is 4.75. The maximum Gasteiger partial charge on any atom is 0.325 e. The van der Waals surface area contributed by atoms with E-state index in [4.69, 9.17) is 0 Å². The van der Waals surface area contributed by atoms with Crippen molar-refractivity contribution in [2.45, 2.75) is 20.4 Å². The van der Waals surface area contributed by atoms with Crippen LogP contribution in [0.15, 0.2) is 64.6 Å². The molecule has 7 nitrogen and oxygen atoms in total. The van der Waals surface area contributed by atoms with Crippen LogP contribution >= 0.6 is 0 Å². The number of benzene rings is 1. The van der Waals surface area contributed by atoms with E-state index in [0.717, 1.165) is 23.4 Å². The molecular formula is C21H19N5O2. The zero-order valence-electron chi connectivity index (χ0n) is 15.6. The second-order valence-corrected chi connectivity index (χ2v) is 6.71. The van der Waals surface area contributed by atoms with E-state index in [1.807, 2.05) is 37.4 Å². The van der Waals surface area contributed by atoms with Crippen molar-refractivity contribution in [3.05, 3.63) is 92.6 Å². The Morgan fingerprint density at radius 3 is 2.64 bits per heavy atom. The molecule has 3 aromatic heterocycles. The predicted molar refractivity (Wildman–Crippen MR) is 107 cm³/mol. The average Bonchev–Trinajstić information content (AvgIpc) is 3.13. The fourth-order valence-electron chi connectivity index (χ4n) is 3.16. The van der Waals surface area contributed by atoms with Gasteiger partial charge in [-0.3, -0.25) is 9.78 Å². The normalized spacial score (nSPS) is 10.9. The lowest BCUT2D eigenvalue weighted by Gasteiger charge is -2.07. The summed E-state index contributed by atoms with van der Waals surface area (Å²) in [5.74, 6) is 0. The Morgan fingerprint density at radius 2 is 1.86 bits per heavy atom. The molecule has 0 radical (unpaired) electrons. The smallest absolute Gasteiger partial charge is 0.325 e. The second kappa shape index (κ2) is 7.11. The van der Waals surface area contributed by atoms with Crippen LogP contribution < -0.4 is 11.2 Å². The van der Waals surface area contributed by atoms with Gasteiger partial charge < -0.3 is 9.55 Å². The van der Waals surface area contributed by atoms with E-state index in [1.54, 1.807) is 0 Å². The topological polar surface area (TPSA) is 96.4 Å². The van der Waals surface area contributed by atoms with Crippen LogP contribution in [-0.2, 0) is 6.54 Å². The lowest BCUT2D eigenvalue weighted by atomic mass is 10.1. The van der Waals surface area contributed by atoms with Crippen LogP contribution in [0.4, 0.5) is 0 Å². The number of rotatable bonds is 4. The third-order valence-electron chi connectivity index (χ3n) is 4.75. The number of hydrogen-bond acceptors (Lipinski definition) is 4. The summed E-state index contributed by atoms with van der Waals surface area (Å²) in [4.78, 5) is 28.0. The first kappa shape index (κ1) is 17.7. The van der Waals surface area contributed by atoms with Crippen LogP contribution in [-0.4, -0.2) is 24.7 Å². The maximum atomic E-state index is 12.1. The minimum absolute atomic E-state index is 0.271. The van der Waals surface area contributed by atoms with Crippen molar-refractivity contribution in [2.75, 3.05) is 0 Å². The minimum atomic E-state index is -0.553. The first-order chi connectivity index (χ1) is 13.5. The molecule has 4 rings (SSSR count). The van der Waals surface area contributed by atoms with Crippen molar-refractivity contribution >= 4 is 0 Å². The number of aromatic amines is 2. The van der Waals surface area contributed by atoms with Crippen LogP contribution in [0.1, 0.15) is 16.8 Å². The highest BCUT2D eigenvalue weighted by Gasteiger charge is 2.12. The second-order valence-electron chi connectivity index (χ2n) is 6.71. The van der Waals surface area contributed by atoms with Crippen LogP contribution in [0.25, 0.3) is 22.4 Å². The zero-order chi connectivity index (χ0) is 19.7. The van der Waals surface area contributed by atoms with Gasteiger partial charge in [-0.2, -0.15) is 5.10 Å². The van der Waals surface area contributed by atoms with Gasteiger partial charge in [0.25, 0.3) is 5.56 Å². The lowest BCUT2D eigenvalue weighted by Crippen LogP contribution is -2.22. The molecule has 2 N–H and O–H groups in total. The molecule has 0 bridgehead atoms. The number of hydrogen-bond donors (Lipinski definition) is 2. The van der Waals surface area contributed by atoms with E-state index in [-0.39, 0.29) is 5.56 Å². The summed E-state index contributed by atoms with van der Waals surface area (Å²) in [5, 5.41) is 8.31. The average molecular weight is 373 g/mol.